The number of thiophene rings is 1. The molecule has 0 spiro atoms. The summed E-state index contributed by atoms with van der Waals surface area (Å²) in [5.74, 6) is 0.0601. The maximum atomic E-state index is 11.8. The first-order valence-corrected chi connectivity index (χ1v) is 6.03. The maximum absolute atomic E-state index is 11.8. The number of aromatic nitrogens is 2. The molecule has 78 valence electrons. The van der Waals surface area contributed by atoms with E-state index in [1.807, 2.05) is 12.1 Å². The lowest BCUT2D eigenvalue weighted by Gasteiger charge is -1.93. The highest BCUT2D eigenvalue weighted by Gasteiger charge is 2.10. The normalized spacial score (nSPS) is 10.5. The summed E-state index contributed by atoms with van der Waals surface area (Å²) in [6.45, 7) is 0. The minimum Gasteiger partial charge on any atom is -0.292 e. The van der Waals surface area contributed by atoms with Crippen LogP contribution in [0.3, 0.4) is 0 Å². The van der Waals surface area contributed by atoms with Gasteiger partial charge in [-0.15, -0.1) is 11.3 Å². The molecule has 0 N–H and O–H groups in total. The van der Waals surface area contributed by atoms with Crippen LogP contribution in [0.15, 0.2) is 28.2 Å². The van der Waals surface area contributed by atoms with Crippen molar-refractivity contribution >= 4 is 33.0 Å². The number of halogens is 1. The molecule has 0 aliphatic carbocycles. The zero-order valence-electron chi connectivity index (χ0n) is 8.11. The van der Waals surface area contributed by atoms with E-state index in [0.717, 1.165) is 8.66 Å². The Balaban J connectivity index is 2.10. The Morgan fingerprint density at radius 1 is 1.53 bits per heavy atom. The molecule has 2 heterocycles. The Hall–Kier alpha value is -0.940. The van der Waals surface area contributed by atoms with Crippen LogP contribution in [0.4, 0.5) is 0 Å². The van der Waals surface area contributed by atoms with Crippen LogP contribution in [0.5, 0.6) is 0 Å². The molecule has 0 aliphatic rings. The van der Waals surface area contributed by atoms with Gasteiger partial charge in [-0.1, -0.05) is 0 Å². The fraction of sp³-hybridized carbons (Fsp3) is 0.200. The molecule has 0 atom stereocenters. The highest BCUT2D eigenvalue weighted by Crippen LogP contribution is 2.23. The van der Waals surface area contributed by atoms with Crippen molar-refractivity contribution in [3.05, 3.63) is 38.8 Å². The van der Waals surface area contributed by atoms with E-state index in [-0.39, 0.29) is 5.78 Å². The first-order valence-electron chi connectivity index (χ1n) is 4.42. The molecule has 0 bridgehead atoms. The van der Waals surface area contributed by atoms with E-state index in [0.29, 0.717) is 12.1 Å². The number of ketones is 1. The predicted octanol–water partition coefficient (Wildman–Crippen LogP) is 2.67. The fourth-order valence-corrected chi connectivity index (χ4v) is 2.74. The third-order valence-electron chi connectivity index (χ3n) is 1.96. The molecule has 2 aromatic heterocycles. The lowest BCUT2D eigenvalue weighted by Crippen LogP contribution is -2.04. The van der Waals surface area contributed by atoms with Gasteiger partial charge in [0.1, 0.15) is 5.69 Å². The molecule has 0 unspecified atom stereocenters. The summed E-state index contributed by atoms with van der Waals surface area (Å²) in [6.07, 6.45) is 2.20. The van der Waals surface area contributed by atoms with Crippen LogP contribution in [0.2, 0.25) is 0 Å². The Morgan fingerprint density at radius 3 is 2.87 bits per heavy atom. The summed E-state index contributed by atoms with van der Waals surface area (Å²) >= 11 is 4.95. The van der Waals surface area contributed by atoms with E-state index in [2.05, 4.69) is 21.0 Å². The second-order valence-electron chi connectivity index (χ2n) is 3.18. The van der Waals surface area contributed by atoms with Gasteiger partial charge < -0.3 is 0 Å². The Bertz CT molecular complexity index is 489. The number of nitrogens with zero attached hydrogens (tertiary/aromatic N) is 2. The maximum Gasteiger partial charge on any atom is 0.188 e. The monoisotopic (exact) mass is 284 g/mol. The third-order valence-corrected chi connectivity index (χ3v) is 3.59. The van der Waals surface area contributed by atoms with Gasteiger partial charge in [0.05, 0.1) is 3.79 Å². The average Bonchev–Trinajstić information content (AvgIpc) is 2.75. The second-order valence-corrected chi connectivity index (χ2v) is 5.73. The van der Waals surface area contributed by atoms with Gasteiger partial charge in [-0.2, -0.15) is 5.10 Å². The predicted molar refractivity (Wildman–Crippen MR) is 63.3 cm³/mol. The summed E-state index contributed by atoms with van der Waals surface area (Å²) in [5, 5.41) is 4.07. The quantitative estimate of drug-likeness (QED) is 0.813. The van der Waals surface area contributed by atoms with Gasteiger partial charge >= 0.3 is 0 Å². The number of Topliss-reactive ketones (excluding diaryl/α,β-unsaturated/α-hetero) is 1. The minimum atomic E-state index is 0.0601. The molecule has 2 aromatic rings. The van der Waals surface area contributed by atoms with Crippen molar-refractivity contribution in [3.8, 4) is 0 Å². The SMILES string of the molecule is Cn1ccc(C(=O)Cc2ccc(Br)s2)n1. The van der Waals surface area contributed by atoms with Crippen LogP contribution in [-0.2, 0) is 13.5 Å². The van der Waals surface area contributed by atoms with E-state index in [9.17, 15) is 4.79 Å². The van der Waals surface area contributed by atoms with Crippen molar-refractivity contribution in [1.29, 1.82) is 0 Å². The molecule has 2 rings (SSSR count). The topological polar surface area (TPSA) is 34.9 Å². The van der Waals surface area contributed by atoms with Gasteiger partial charge in [0.2, 0.25) is 0 Å². The van der Waals surface area contributed by atoms with Crippen molar-refractivity contribution in [2.45, 2.75) is 6.42 Å². The number of carbonyl (C=O) groups excluding carboxylic acids is 1. The molecule has 0 fully saturated rings. The molecule has 0 aromatic carbocycles. The largest absolute Gasteiger partial charge is 0.292 e. The standard InChI is InChI=1S/C10H9BrN2OS/c1-13-5-4-8(12-13)9(14)6-7-2-3-10(11)15-7/h2-5H,6H2,1H3. The highest BCUT2D eigenvalue weighted by atomic mass is 79.9. The summed E-state index contributed by atoms with van der Waals surface area (Å²) in [6, 6.07) is 5.65. The van der Waals surface area contributed by atoms with Crippen LogP contribution in [0, 0.1) is 0 Å². The van der Waals surface area contributed by atoms with Gasteiger partial charge in [-0.25, -0.2) is 0 Å². The first-order chi connectivity index (χ1) is 7.15. The lowest BCUT2D eigenvalue weighted by molar-refractivity contribution is 0.0988. The van der Waals surface area contributed by atoms with E-state index >= 15 is 0 Å². The van der Waals surface area contributed by atoms with Crippen molar-refractivity contribution in [2.24, 2.45) is 7.05 Å². The van der Waals surface area contributed by atoms with Crippen molar-refractivity contribution in [1.82, 2.24) is 9.78 Å². The Morgan fingerprint density at radius 2 is 2.33 bits per heavy atom. The third kappa shape index (κ3) is 2.54. The number of hydrogen-bond acceptors (Lipinski definition) is 3. The van der Waals surface area contributed by atoms with Crippen LogP contribution < -0.4 is 0 Å². The fourth-order valence-electron chi connectivity index (χ4n) is 1.26. The zero-order valence-corrected chi connectivity index (χ0v) is 10.5. The molecular formula is C10H9BrN2OS. The zero-order chi connectivity index (χ0) is 10.8. The first kappa shape index (κ1) is 10.6. The summed E-state index contributed by atoms with van der Waals surface area (Å²) < 4.78 is 2.68. The van der Waals surface area contributed by atoms with Crippen LogP contribution in [0.1, 0.15) is 15.4 Å². The van der Waals surface area contributed by atoms with E-state index in [1.165, 1.54) is 0 Å². The summed E-state index contributed by atoms with van der Waals surface area (Å²) in [5.41, 5.74) is 0.530. The minimum absolute atomic E-state index is 0.0601. The van der Waals surface area contributed by atoms with Crippen LogP contribution in [0.25, 0.3) is 0 Å². The number of aryl methyl sites for hydroxylation is 1. The van der Waals surface area contributed by atoms with E-state index in [1.54, 1.807) is 35.3 Å². The van der Waals surface area contributed by atoms with Gasteiger partial charge in [0.15, 0.2) is 5.78 Å². The smallest absolute Gasteiger partial charge is 0.188 e. The van der Waals surface area contributed by atoms with Crippen molar-refractivity contribution < 1.29 is 4.79 Å². The van der Waals surface area contributed by atoms with Gasteiger partial charge in [-0.05, 0) is 34.1 Å². The number of carbonyl (C=O) groups is 1. The molecule has 0 radical (unpaired) electrons. The molecule has 15 heavy (non-hydrogen) atoms. The second kappa shape index (κ2) is 4.28. The van der Waals surface area contributed by atoms with Crippen LogP contribution >= 0.6 is 27.3 Å². The van der Waals surface area contributed by atoms with Gasteiger partial charge in [-0.3, -0.25) is 9.48 Å². The van der Waals surface area contributed by atoms with Gasteiger partial charge in [0.25, 0.3) is 0 Å². The van der Waals surface area contributed by atoms with E-state index in [4.69, 9.17) is 0 Å². The number of rotatable bonds is 3. The molecule has 0 saturated carbocycles. The molecular weight excluding hydrogens is 276 g/mol. The molecule has 0 amide bonds. The molecule has 0 saturated heterocycles. The van der Waals surface area contributed by atoms with Crippen LogP contribution in [-0.4, -0.2) is 15.6 Å². The molecule has 3 nitrogen and oxygen atoms in total. The summed E-state index contributed by atoms with van der Waals surface area (Å²) in [7, 11) is 1.80. The molecule has 0 aliphatic heterocycles. The molecule has 5 heteroatoms. The Labute approximate surface area is 99.9 Å². The lowest BCUT2D eigenvalue weighted by atomic mass is 10.2. The average molecular weight is 285 g/mol. The van der Waals surface area contributed by atoms with Crippen molar-refractivity contribution in [2.75, 3.05) is 0 Å². The number of hydrogen-bond donors (Lipinski definition) is 0. The van der Waals surface area contributed by atoms with Gasteiger partial charge in [0, 0.05) is 24.5 Å². The van der Waals surface area contributed by atoms with E-state index < -0.39 is 0 Å². The highest BCUT2D eigenvalue weighted by molar-refractivity contribution is 9.11. The van der Waals surface area contributed by atoms with Crippen molar-refractivity contribution in [3.63, 3.8) is 0 Å². The Kier molecular flexibility index (Phi) is 3.02. The summed E-state index contributed by atoms with van der Waals surface area (Å²) in [4.78, 5) is 12.8.